The summed E-state index contributed by atoms with van der Waals surface area (Å²) < 4.78 is 18.0. The van der Waals surface area contributed by atoms with E-state index in [0.29, 0.717) is 12.3 Å². The molecule has 1 aliphatic rings. The zero-order valence-electron chi connectivity index (χ0n) is 16.2. The van der Waals surface area contributed by atoms with Crippen molar-refractivity contribution in [1.82, 2.24) is 10.2 Å². The van der Waals surface area contributed by atoms with Crippen LogP contribution in [-0.4, -0.2) is 58.4 Å². The van der Waals surface area contributed by atoms with Crippen molar-refractivity contribution in [3.63, 3.8) is 0 Å². The van der Waals surface area contributed by atoms with Gasteiger partial charge in [-0.15, -0.1) is 24.0 Å². The molecule has 5 nitrogen and oxygen atoms in total. The van der Waals surface area contributed by atoms with Gasteiger partial charge in [0.1, 0.15) is 11.9 Å². The Morgan fingerprint density at radius 3 is 2.42 bits per heavy atom. The Hall–Kier alpha value is -0.830. The predicted molar refractivity (Wildman–Crippen MR) is 121 cm³/mol. The van der Waals surface area contributed by atoms with E-state index in [1.807, 2.05) is 51.1 Å². The van der Waals surface area contributed by atoms with E-state index in [1.54, 1.807) is 7.05 Å². The fourth-order valence-corrected chi connectivity index (χ4v) is 3.67. The van der Waals surface area contributed by atoms with Gasteiger partial charge in [0, 0.05) is 60.8 Å². The molecule has 1 N–H and O–H groups in total. The number of likely N-dealkylation sites (tertiary alicyclic amines) is 1. The second kappa shape index (κ2) is 11.1. The van der Waals surface area contributed by atoms with Crippen LogP contribution in [-0.2, 0) is 10.8 Å². The molecule has 0 bridgehead atoms. The molecule has 1 aliphatic heterocycles. The third-order valence-corrected chi connectivity index (χ3v) is 6.19. The van der Waals surface area contributed by atoms with E-state index in [-0.39, 0.29) is 34.8 Å². The van der Waals surface area contributed by atoms with E-state index in [1.165, 1.54) is 0 Å². The Morgan fingerprint density at radius 1 is 1.27 bits per heavy atom. The predicted octanol–water partition coefficient (Wildman–Crippen LogP) is 3.27. The lowest BCUT2D eigenvalue weighted by Crippen LogP contribution is -2.48. The Labute approximate surface area is 177 Å². The van der Waals surface area contributed by atoms with Crippen molar-refractivity contribution in [3.05, 3.63) is 30.3 Å². The van der Waals surface area contributed by atoms with Gasteiger partial charge in [-0.1, -0.05) is 18.2 Å². The molecule has 7 heteroatoms. The van der Waals surface area contributed by atoms with Crippen molar-refractivity contribution in [2.75, 3.05) is 32.4 Å². The van der Waals surface area contributed by atoms with Crippen LogP contribution in [0.2, 0.25) is 0 Å². The van der Waals surface area contributed by atoms with E-state index in [2.05, 4.69) is 15.2 Å². The second-order valence-electron chi connectivity index (χ2n) is 7.25. The average Bonchev–Trinajstić information content (AvgIpc) is 2.59. The van der Waals surface area contributed by atoms with E-state index in [4.69, 9.17) is 4.74 Å². The average molecular weight is 493 g/mol. The monoisotopic (exact) mass is 493 g/mol. The topological polar surface area (TPSA) is 53.9 Å². The molecule has 1 fully saturated rings. The Morgan fingerprint density at radius 2 is 1.88 bits per heavy atom. The highest BCUT2D eigenvalue weighted by Gasteiger charge is 2.23. The SMILES string of the molecule is CN=C(NCCS(=O)C(C)(C)C)N1CCC(Oc2ccccc2)CC1.I. The number of piperidine rings is 1. The molecule has 0 aliphatic carbocycles. The summed E-state index contributed by atoms with van der Waals surface area (Å²) in [7, 11) is 0.956. The maximum atomic E-state index is 12.1. The maximum absolute atomic E-state index is 12.1. The third kappa shape index (κ3) is 7.42. The second-order valence-corrected chi connectivity index (χ2v) is 9.58. The van der Waals surface area contributed by atoms with Crippen LogP contribution in [0.4, 0.5) is 0 Å². The highest BCUT2D eigenvalue weighted by molar-refractivity contribution is 14.0. The van der Waals surface area contributed by atoms with Gasteiger partial charge in [0.25, 0.3) is 0 Å². The van der Waals surface area contributed by atoms with Crippen molar-refractivity contribution in [1.29, 1.82) is 0 Å². The number of rotatable bonds is 5. The number of aliphatic imine (C=N–C) groups is 1. The van der Waals surface area contributed by atoms with Crippen molar-refractivity contribution in [2.24, 2.45) is 4.99 Å². The van der Waals surface area contributed by atoms with Crippen molar-refractivity contribution in [2.45, 2.75) is 44.5 Å². The van der Waals surface area contributed by atoms with Crippen LogP contribution in [0.15, 0.2) is 35.3 Å². The summed E-state index contributed by atoms with van der Waals surface area (Å²) >= 11 is 0. The molecule has 1 aromatic rings. The van der Waals surface area contributed by atoms with E-state index < -0.39 is 10.8 Å². The number of nitrogens with one attached hydrogen (secondary N) is 1. The van der Waals surface area contributed by atoms with Gasteiger partial charge in [-0.25, -0.2) is 0 Å². The fraction of sp³-hybridized carbons (Fsp3) is 0.632. The van der Waals surface area contributed by atoms with Crippen LogP contribution in [0.1, 0.15) is 33.6 Å². The Bertz CT molecular complexity index is 582. The van der Waals surface area contributed by atoms with Crippen LogP contribution >= 0.6 is 24.0 Å². The minimum absolute atomic E-state index is 0. The Kier molecular flexibility index (Phi) is 9.92. The lowest BCUT2D eigenvalue weighted by atomic mass is 10.1. The summed E-state index contributed by atoms with van der Waals surface area (Å²) in [6.07, 6.45) is 2.21. The fourth-order valence-electron chi connectivity index (χ4n) is 2.77. The molecule has 0 spiro atoms. The number of hydrogen-bond acceptors (Lipinski definition) is 3. The van der Waals surface area contributed by atoms with Gasteiger partial charge < -0.3 is 15.0 Å². The van der Waals surface area contributed by atoms with Crippen LogP contribution in [0.3, 0.4) is 0 Å². The highest BCUT2D eigenvalue weighted by atomic mass is 127. The summed E-state index contributed by atoms with van der Waals surface area (Å²) in [5.74, 6) is 2.47. The largest absolute Gasteiger partial charge is 0.490 e. The molecule has 1 saturated heterocycles. The molecule has 1 heterocycles. The van der Waals surface area contributed by atoms with Gasteiger partial charge in [-0.05, 0) is 32.9 Å². The minimum atomic E-state index is -0.845. The van der Waals surface area contributed by atoms with Gasteiger partial charge in [-0.2, -0.15) is 0 Å². The van der Waals surface area contributed by atoms with Crippen LogP contribution < -0.4 is 10.1 Å². The smallest absolute Gasteiger partial charge is 0.193 e. The van der Waals surface area contributed by atoms with Crippen molar-refractivity contribution >= 4 is 40.7 Å². The number of ether oxygens (including phenoxy) is 1. The number of guanidine groups is 1. The van der Waals surface area contributed by atoms with Gasteiger partial charge in [0.05, 0.1) is 0 Å². The van der Waals surface area contributed by atoms with Crippen LogP contribution in [0.25, 0.3) is 0 Å². The molecule has 148 valence electrons. The number of hydrogen-bond donors (Lipinski definition) is 1. The molecular weight excluding hydrogens is 461 g/mol. The molecule has 1 unspecified atom stereocenters. The molecule has 2 rings (SSSR count). The first-order valence-electron chi connectivity index (χ1n) is 8.96. The molecule has 0 aromatic heterocycles. The Balaban J connectivity index is 0.00000338. The summed E-state index contributed by atoms with van der Waals surface area (Å²) in [5, 5.41) is 3.35. The summed E-state index contributed by atoms with van der Waals surface area (Å²) in [4.78, 5) is 6.63. The first kappa shape index (κ1) is 23.2. The standard InChI is InChI=1S/C19H31N3O2S.HI/c1-19(2,3)25(23)15-12-21-18(20-4)22-13-10-17(11-14-22)24-16-8-6-5-7-9-16;/h5-9,17H,10-15H2,1-4H3,(H,20,21);1H. The number of benzene rings is 1. The molecule has 0 saturated carbocycles. The normalized spacial score (nSPS) is 17.4. The summed E-state index contributed by atoms with van der Waals surface area (Å²) in [5.41, 5.74) is 0. The molecule has 1 atom stereocenters. The van der Waals surface area contributed by atoms with Gasteiger partial charge in [-0.3, -0.25) is 9.20 Å². The number of halogens is 1. The third-order valence-electron chi connectivity index (χ3n) is 4.25. The maximum Gasteiger partial charge on any atom is 0.193 e. The molecule has 26 heavy (non-hydrogen) atoms. The van der Waals surface area contributed by atoms with E-state index in [0.717, 1.165) is 37.6 Å². The van der Waals surface area contributed by atoms with Crippen molar-refractivity contribution in [3.8, 4) is 5.75 Å². The molecule has 1 aromatic carbocycles. The number of nitrogens with zero attached hydrogens (tertiary/aromatic N) is 2. The van der Waals surface area contributed by atoms with Crippen LogP contribution in [0, 0.1) is 0 Å². The first-order chi connectivity index (χ1) is 11.9. The van der Waals surface area contributed by atoms with Crippen LogP contribution in [0.5, 0.6) is 5.75 Å². The molecule has 0 amide bonds. The molecular formula is C19H32IN3O2S. The van der Waals surface area contributed by atoms with Crippen molar-refractivity contribution < 1.29 is 8.95 Å². The van der Waals surface area contributed by atoms with E-state index >= 15 is 0 Å². The zero-order chi connectivity index (χ0) is 18.3. The lowest BCUT2D eigenvalue weighted by molar-refractivity contribution is 0.129. The molecule has 0 radical (unpaired) electrons. The zero-order valence-corrected chi connectivity index (χ0v) is 19.4. The summed E-state index contributed by atoms with van der Waals surface area (Å²) in [6.45, 7) is 8.54. The summed E-state index contributed by atoms with van der Waals surface area (Å²) in [6, 6.07) is 10.00. The highest BCUT2D eigenvalue weighted by Crippen LogP contribution is 2.18. The van der Waals surface area contributed by atoms with E-state index in [9.17, 15) is 4.21 Å². The quantitative estimate of drug-likeness (QED) is 0.389. The first-order valence-corrected chi connectivity index (χ1v) is 10.3. The minimum Gasteiger partial charge on any atom is -0.490 e. The van der Waals surface area contributed by atoms with Gasteiger partial charge in [0.2, 0.25) is 0 Å². The lowest BCUT2D eigenvalue weighted by Gasteiger charge is -2.34. The van der Waals surface area contributed by atoms with Gasteiger partial charge >= 0.3 is 0 Å². The van der Waals surface area contributed by atoms with Gasteiger partial charge in [0.15, 0.2) is 5.96 Å². The number of para-hydroxylation sites is 1.